The van der Waals surface area contributed by atoms with Crippen molar-refractivity contribution in [2.24, 2.45) is 5.92 Å². The molecule has 2 rings (SSSR count). The zero-order valence-electron chi connectivity index (χ0n) is 11.7. The minimum absolute atomic E-state index is 0.129. The van der Waals surface area contributed by atoms with Crippen molar-refractivity contribution in [2.75, 3.05) is 26.3 Å². The van der Waals surface area contributed by atoms with Crippen LogP contribution in [0.15, 0.2) is 0 Å². The van der Waals surface area contributed by atoms with Gasteiger partial charge in [-0.05, 0) is 19.8 Å². The summed E-state index contributed by atoms with van der Waals surface area (Å²) in [7, 11) is 0. The summed E-state index contributed by atoms with van der Waals surface area (Å²) >= 11 is 0. The van der Waals surface area contributed by atoms with Crippen molar-refractivity contribution in [3.05, 3.63) is 0 Å². The number of nitrogens with zero attached hydrogens (tertiary/aromatic N) is 1. The van der Waals surface area contributed by atoms with Crippen LogP contribution in [0.25, 0.3) is 0 Å². The van der Waals surface area contributed by atoms with Crippen LogP contribution < -0.4 is 5.32 Å². The minimum atomic E-state index is -0.688. The van der Waals surface area contributed by atoms with Crippen LogP contribution >= 0.6 is 0 Å². The molecular formula is C12H20N2O6. The standard InChI is InChI=1S/C12H20N2O6/c1-3-17-11(15)19-10-5-8-6-14(7-9(8)13-10)20-12(16)18-4-2/h8-10,13H,3-7H2,1-2H3. The average Bonchev–Trinajstić information content (AvgIpc) is 2.86. The Morgan fingerprint density at radius 1 is 1.15 bits per heavy atom. The number of fused-ring (bicyclic) bond motifs is 1. The van der Waals surface area contributed by atoms with Crippen molar-refractivity contribution >= 4 is 12.3 Å². The van der Waals surface area contributed by atoms with Crippen LogP contribution in [0.4, 0.5) is 9.59 Å². The fourth-order valence-corrected chi connectivity index (χ4v) is 2.52. The lowest BCUT2D eigenvalue weighted by atomic mass is 10.1. The topological polar surface area (TPSA) is 86.3 Å². The van der Waals surface area contributed by atoms with Gasteiger partial charge in [-0.3, -0.25) is 5.32 Å². The van der Waals surface area contributed by atoms with Crippen LogP contribution in [0.3, 0.4) is 0 Å². The van der Waals surface area contributed by atoms with Gasteiger partial charge in [0.2, 0.25) is 0 Å². The Balaban J connectivity index is 1.72. The van der Waals surface area contributed by atoms with E-state index in [9.17, 15) is 9.59 Å². The van der Waals surface area contributed by atoms with Gasteiger partial charge in [0.1, 0.15) is 0 Å². The largest absolute Gasteiger partial charge is 0.527 e. The van der Waals surface area contributed by atoms with Crippen LogP contribution in [-0.4, -0.2) is 55.9 Å². The summed E-state index contributed by atoms with van der Waals surface area (Å²) in [4.78, 5) is 27.5. The first kappa shape index (κ1) is 14.9. The van der Waals surface area contributed by atoms with E-state index in [2.05, 4.69) is 5.32 Å². The van der Waals surface area contributed by atoms with Crippen molar-refractivity contribution in [3.63, 3.8) is 0 Å². The molecule has 2 heterocycles. The number of rotatable bonds is 4. The normalized spacial score (nSPS) is 28.8. The number of carbonyl (C=O) groups excluding carboxylic acids is 2. The molecule has 0 aromatic rings. The maximum absolute atomic E-state index is 11.2. The first-order valence-corrected chi connectivity index (χ1v) is 6.81. The van der Waals surface area contributed by atoms with Gasteiger partial charge in [0.05, 0.1) is 19.8 Å². The Morgan fingerprint density at radius 2 is 1.85 bits per heavy atom. The number of hydrogen-bond donors (Lipinski definition) is 1. The van der Waals surface area contributed by atoms with E-state index in [1.807, 2.05) is 0 Å². The summed E-state index contributed by atoms with van der Waals surface area (Å²) in [6.07, 6.45) is -1.02. The fraction of sp³-hybridized carbons (Fsp3) is 0.833. The molecule has 2 aliphatic heterocycles. The van der Waals surface area contributed by atoms with Gasteiger partial charge >= 0.3 is 12.3 Å². The van der Waals surface area contributed by atoms with Crippen molar-refractivity contribution in [1.29, 1.82) is 0 Å². The molecule has 2 aliphatic rings. The van der Waals surface area contributed by atoms with Gasteiger partial charge in [-0.1, -0.05) is 0 Å². The first-order valence-electron chi connectivity index (χ1n) is 6.81. The molecule has 0 aromatic carbocycles. The molecule has 0 aromatic heterocycles. The second-order valence-corrected chi connectivity index (χ2v) is 4.68. The number of ether oxygens (including phenoxy) is 3. The molecule has 8 nitrogen and oxygen atoms in total. The summed E-state index contributed by atoms with van der Waals surface area (Å²) in [6, 6.07) is 0.129. The predicted octanol–water partition coefficient (Wildman–Crippen LogP) is 0.867. The molecule has 3 atom stereocenters. The molecule has 0 bridgehead atoms. The van der Waals surface area contributed by atoms with Gasteiger partial charge < -0.3 is 19.0 Å². The Kier molecular flexibility index (Phi) is 5.02. The lowest BCUT2D eigenvalue weighted by molar-refractivity contribution is -0.117. The predicted molar refractivity (Wildman–Crippen MR) is 66.6 cm³/mol. The molecule has 2 fully saturated rings. The lowest BCUT2D eigenvalue weighted by Gasteiger charge is -2.18. The summed E-state index contributed by atoms with van der Waals surface area (Å²) in [5, 5.41) is 4.75. The molecule has 8 heteroatoms. The van der Waals surface area contributed by atoms with Gasteiger partial charge in [0.25, 0.3) is 0 Å². The highest BCUT2D eigenvalue weighted by Gasteiger charge is 2.43. The number of hydrogen-bond acceptors (Lipinski definition) is 8. The third kappa shape index (κ3) is 3.73. The molecule has 1 N–H and O–H groups in total. The molecule has 2 saturated heterocycles. The van der Waals surface area contributed by atoms with Crippen LogP contribution in [0, 0.1) is 5.92 Å². The highest BCUT2D eigenvalue weighted by molar-refractivity contribution is 5.60. The van der Waals surface area contributed by atoms with Crippen molar-refractivity contribution in [1.82, 2.24) is 10.4 Å². The van der Waals surface area contributed by atoms with E-state index >= 15 is 0 Å². The Morgan fingerprint density at radius 3 is 2.50 bits per heavy atom. The van der Waals surface area contributed by atoms with Gasteiger partial charge in [0.15, 0.2) is 6.23 Å². The van der Waals surface area contributed by atoms with E-state index in [0.29, 0.717) is 26.1 Å². The number of hydroxylamine groups is 2. The third-order valence-electron chi connectivity index (χ3n) is 3.29. The van der Waals surface area contributed by atoms with E-state index in [0.717, 1.165) is 0 Å². The number of carbonyl (C=O) groups is 2. The highest BCUT2D eigenvalue weighted by Crippen LogP contribution is 2.29. The zero-order valence-corrected chi connectivity index (χ0v) is 11.7. The summed E-state index contributed by atoms with van der Waals surface area (Å²) in [5.41, 5.74) is 0. The summed E-state index contributed by atoms with van der Waals surface area (Å²) in [5.74, 6) is 0.267. The minimum Gasteiger partial charge on any atom is -0.435 e. The summed E-state index contributed by atoms with van der Waals surface area (Å²) in [6.45, 7) is 5.17. The van der Waals surface area contributed by atoms with E-state index in [1.54, 1.807) is 18.9 Å². The molecule has 20 heavy (non-hydrogen) atoms. The fourth-order valence-electron chi connectivity index (χ4n) is 2.52. The Labute approximate surface area is 117 Å². The monoisotopic (exact) mass is 288 g/mol. The van der Waals surface area contributed by atoms with Crippen LogP contribution in [0.2, 0.25) is 0 Å². The van der Waals surface area contributed by atoms with Crippen molar-refractivity contribution in [3.8, 4) is 0 Å². The second kappa shape index (κ2) is 6.76. The third-order valence-corrected chi connectivity index (χ3v) is 3.29. The van der Waals surface area contributed by atoms with Crippen LogP contribution in [0.1, 0.15) is 20.3 Å². The van der Waals surface area contributed by atoms with E-state index in [1.165, 1.54) is 0 Å². The lowest BCUT2D eigenvalue weighted by Crippen LogP contribution is -2.38. The number of nitrogens with one attached hydrogen (secondary N) is 1. The Bertz CT molecular complexity index is 318. The van der Waals surface area contributed by atoms with Crippen molar-refractivity contribution in [2.45, 2.75) is 32.5 Å². The zero-order chi connectivity index (χ0) is 14.5. The Hall–Kier alpha value is -1.54. The molecule has 0 saturated carbocycles. The molecule has 114 valence electrons. The quantitative estimate of drug-likeness (QED) is 0.762. The molecular weight excluding hydrogens is 268 g/mol. The van der Waals surface area contributed by atoms with E-state index in [4.69, 9.17) is 19.0 Å². The van der Waals surface area contributed by atoms with Crippen LogP contribution in [0.5, 0.6) is 0 Å². The van der Waals surface area contributed by atoms with E-state index < -0.39 is 12.3 Å². The highest BCUT2D eigenvalue weighted by atomic mass is 16.8. The van der Waals surface area contributed by atoms with Gasteiger partial charge in [0, 0.05) is 19.0 Å². The van der Waals surface area contributed by atoms with Crippen molar-refractivity contribution < 1.29 is 28.6 Å². The van der Waals surface area contributed by atoms with Gasteiger partial charge in [-0.15, -0.1) is 5.06 Å². The SMILES string of the molecule is CCOC(=O)OC1CC2CN(OC(=O)OCC)CC2N1. The van der Waals surface area contributed by atoms with Crippen LogP contribution in [-0.2, 0) is 19.0 Å². The smallest absolute Gasteiger partial charge is 0.435 e. The average molecular weight is 288 g/mol. The van der Waals surface area contributed by atoms with Gasteiger partial charge in [-0.25, -0.2) is 9.59 Å². The molecule has 3 unspecified atom stereocenters. The van der Waals surface area contributed by atoms with Gasteiger partial charge in [-0.2, -0.15) is 0 Å². The maximum Gasteiger partial charge on any atom is 0.527 e. The van der Waals surface area contributed by atoms with E-state index in [-0.39, 0.29) is 24.8 Å². The second-order valence-electron chi connectivity index (χ2n) is 4.68. The molecule has 0 aliphatic carbocycles. The maximum atomic E-state index is 11.2. The first-order chi connectivity index (χ1) is 9.62. The summed E-state index contributed by atoms with van der Waals surface area (Å²) < 4.78 is 14.6. The molecule has 0 spiro atoms. The molecule has 0 amide bonds. The molecule has 0 radical (unpaired) electrons.